The van der Waals surface area contributed by atoms with Gasteiger partial charge in [0, 0.05) is 36.5 Å². The van der Waals surface area contributed by atoms with Gasteiger partial charge in [-0.2, -0.15) is 0 Å². The van der Waals surface area contributed by atoms with Crippen LogP contribution < -0.4 is 5.32 Å². The summed E-state index contributed by atoms with van der Waals surface area (Å²) in [5, 5.41) is 3.33. The molecular weight excluding hydrogens is 479 g/mol. The van der Waals surface area contributed by atoms with Gasteiger partial charge in [0.15, 0.2) is 6.30 Å². The number of rotatable bonds is 8. The van der Waals surface area contributed by atoms with Gasteiger partial charge in [0.2, 0.25) is 0 Å². The number of aromatic nitrogens is 1. The van der Waals surface area contributed by atoms with Crippen LogP contribution >= 0.6 is 0 Å². The third-order valence-corrected chi connectivity index (χ3v) is 7.45. The third kappa shape index (κ3) is 7.17. The van der Waals surface area contributed by atoms with Gasteiger partial charge in [0.25, 0.3) is 0 Å². The highest BCUT2D eigenvalue weighted by Crippen LogP contribution is 2.45. The van der Waals surface area contributed by atoms with Gasteiger partial charge in [-0.15, -0.1) is 0 Å². The number of allylic oxidation sites excluding steroid dienone is 9. The molecule has 3 aromatic rings. The molecule has 0 saturated heterocycles. The molecule has 3 unspecified atom stereocenters. The van der Waals surface area contributed by atoms with Gasteiger partial charge in [0.1, 0.15) is 0 Å². The van der Waals surface area contributed by atoms with Crippen LogP contribution in [0.1, 0.15) is 70.1 Å². The van der Waals surface area contributed by atoms with E-state index < -0.39 is 6.30 Å². The van der Waals surface area contributed by atoms with E-state index >= 15 is 0 Å². The first-order valence-corrected chi connectivity index (χ1v) is 13.8. The fourth-order valence-corrected chi connectivity index (χ4v) is 5.26. The molecule has 1 heterocycles. The largest absolute Gasteiger partial charge is 0.388 e. The SMILES string of the molecule is C=C(/C(C)=C\C)c1ccccc1.CC=CC(c1ccccc1NC)C1CC=CC(C)=C1c1cccn1C(C)F. The van der Waals surface area contributed by atoms with Crippen molar-refractivity contribution in [3.8, 4) is 0 Å². The molecule has 0 amide bonds. The van der Waals surface area contributed by atoms with Crippen molar-refractivity contribution in [1.82, 2.24) is 4.57 Å². The predicted molar refractivity (Wildman–Crippen MR) is 169 cm³/mol. The van der Waals surface area contributed by atoms with E-state index in [-0.39, 0.29) is 11.8 Å². The monoisotopic (exact) mass is 522 g/mol. The zero-order valence-electron chi connectivity index (χ0n) is 24.3. The van der Waals surface area contributed by atoms with Crippen LogP contribution in [-0.4, -0.2) is 11.6 Å². The average Bonchev–Trinajstić information content (AvgIpc) is 3.46. The lowest BCUT2D eigenvalue weighted by atomic mass is 9.74. The maximum Gasteiger partial charge on any atom is 0.173 e. The van der Waals surface area contributed by atoms with E-state index in [1.165, 1.54) is 27.8 Å². The van der Waals surface area contributed by atoms with Crippen LogP contribution in [0.2, 0.25) is 0 Å². The fraction of sp³-hybridized carbons (Fsp3) is 0.278. The van der Waals surface area contributed by atoms with E-state index in [0.717, 1.165) is 23.4 Å². The Labute approximate surface area is 235 Å². The first kappa shape index (κ1) is 29.7. The van der Waals surface area contributed by atoms with Gasteiger partial charge in [-0.05, 0) is 92.7 Å². The normalized spacial score (nSPS) is 17.0. The van der Waals surface area contributed by atoms with Gasteiger partial charge < -0.3 is 9.88 Å². The summed E-state index contributed by atoms with van der Waals surface area (Å²) < 4.78 is 16.0. The lowest BCUT2D eigenvalue weighted by Crippen LogP contribution is -2.19. The molecule has 204 valence electrons. The molecule has 0 fully saturated rings. The number of halogens is 1. The molecule has 2 nitrogen and oxygen atoms in total. The molecule has 4 rings (SSSR count). The number of nitrogens with one attached hydrogen (secondary N) is 1. The van der Waals surface area contributed by atoms with Crippen molar-refractivity contribution in [2.45, 2.75) is 53.3 Å². The van der Waals surface area contributed by atoms with Crippen molar-refractivity contribution < 1.29 is 4.39 Å². The van der Waals surface area contributed by atoms with Crippen LogP contribution in [0, 0.1) is 5.92 Å². The summed E-state index contributed by atoms with van der Waals surface area (Å²) in [6.07, 6.45) is 12.6. The topological polar surface area (TPSA) is 17.0 Å². The van der Waals surface area contributed by atoms with Crippen LogP contribution in [0.25, 0.3) is 11.1 Å². The van der Waals surface area contributed by atoms with Crippen molar-refractivity contribution >= 4 is 16.8 Å². The van der Waals surface area contributed by atoms with Gasteiger partial charge in [-0.1, -0.05) is 85.5 Å². The number of anilines is 1. The van der Waals surface area contributed by atoms with Crippen molar-refractivity contribution in [3.63, 3.8) is 0 Å². The highest BCUT2D eigenvalue weighted by atomic mass is 19.1. The van der Waals surface area contributed by atoms with Crippen LogP contribution in [-0.2, 0) is 0 Å². The van der Waals surface area contributed by atoms with Gasteiger partial charge in [0.05, 0.1) is 0 Å². The van der Waals surface area contributed by atoms with E-state index in [9.17, 15) is 4.39 Å². The second kappa shape index (κ2) is 14.3. The van der Waals surface area contributed by atoms with Crippen molar-refractivity contribution in [3.05, 3.63) is 138 Å². The Hall–Kier alpha value is -3.85. The first-order valence-electron chi connectivity index (χ1n) is 13.8. The molecule has 1 aromatic heterocycles. The molecule has 3 heteroatoms. The zero-order valence-corrected chi connectivity index (χ0v) is 24.3. The smallest absolute Gasteiger partial charge is 0.173 e. The highest BCUT2D eigenvalue weighted by Gasteiger charge is 2.30. The molecular formula is C36H43FN2. The maximum atomic E-state index is 14.2. The maximum absolute atomic E-state index is 14.2. The van der Waals surface area contributed by atoms with E-state index in [2.05, 4.69) is 99.4 Å². The van der Waals surface area contributed by atoms with Gasteiger partial charge >= 0.3 is 0 Å². The summed E-state index contributed by atoms with van der Waals surface area (Å²) in [4.78, 5) is 0. The molecule has 0 radical (unpaired) electrons. The Morgan fingerprint density at radius 3 is 2.38 bits per heavy atom. The second-order valence-electron chi connectivity index (χ2n) is 9.92. The van der Waals surface area contributed by atoms with Gasteiger partial charge in [-0.25, -0.2) is 4.39 Å². The molecule has 3 atom stereocenters. The minimum atomic E-state index is -1.05. The van der Waals surface area contributed by atoms with E-state index in [4.69, 9.17) is 0 Å². The quantitative estimate of drug-likeness (QED) is 0.230. The minimum Gasteiger partial charge on any atom is -0.388 e. The summed E-state index contributed by atoms with van der Waals surface area (Å²) in [7, 11) is 1.96. The summed E-state index contributed by atoms with van der Waals surface area (Å²) in [6.45, 7) is 13.9. The summed E-state index contributed by atoms with van der Waals surface area (Å²) in [5.74, 6) is 0.472. The number of hydrogen-bond acceptors (Lipinski definition) is 1. The Morgan fingerprint density at radius 1 is 1.05 bits per heavy atom. The highest BCUT2D eigenvalue weighted by molar-refractivity contribution is 5.76. The molecule has 1 aliphatic rings. The summed E-state index contributed by atoms with van der Waals surface area (Å²) >= 11 is 0. The lowest BCUT2D eigenvalue weighted by molar-refractivity contribution is 0.266. The van der Waals surface area contributed by atoms with Crippen molar-refractivity contribution in [1.29, 1.82) is 0 Å². The number of hydrogen-bond donors (Lipinski definition) is 1. The summed E-state index contributed by atoms with van der Waals surface area (Å²) in [6, 6.07) is 22.7. The second-order valence-corrected chi connectivity index (χ2v) is 9.92. The predicted octanol–water partition coefficient (Wildman–Crippen LogP) is 10.4. The molecule has 0 aliphatic heterocycles. The Morgan fingerprint density at radius 2 is 1.74 bits per heavy atom. The fourth-order valence-electron chi connectivity index (χ4n) is 5.26. The lowest BCUT2D eigenvalue weighted by Gasteiger charge is -2.32. The molecule has 1 N–H and O–H groups in total. The van der Waals surface area contributed by atoms with Crippen LogP contribution in [0.3, 0.4) is 0 Å². The average molecular weight is 523 g/mol. The third-order valence-electron chi connectivity index (χ3n) is 7.45. The van der Waals surface area contributed by atoms with Crippen LogP contribution in [0.5, 0.6) is 0 Å². The Kier molecular flexibility index (Phi) is 10.9. The van der Waals surface area contributed by atoms with E-state index in [1.807, 2.05) is 50.5 Å². The molecule has 0 spiro atoms. The van der Waals surface area contributed by atoms with Crippen molar-refractivity contribution in [2.24, 2.45) is 5.92 Å². The van der Waals surface area contributed by atoms with Crippen LogP contribution in [0.15, 0.2) is 121 Å². The zero-order chi connectivity index (χ0) is 28.4. The molecule has 0 saturated carbocycles. The first-order chi connectivity index (χ1) is 18.8. The Balaban J connectivity index is 0.000000293. The van der Waals surface area contributed by atoms with Crippen molar-refractivity contribution in [2.75, 3.05) is 12.4 Å². The summed E-state index contributed by atoms with van der Waals surface area (Å²) in [5.41, 5.74) is 9.39. The van der Waals surface area contributed by atoms with E-state index in [1.54, 1.807) is 11.5 Å². The number of para-hydroxylation sites is 1. The van der Waals surface area contributed by atoms with Crippen LogP contribution in [0.4, 0.5) is 10.1 Å². The molecule has 2 aromatic carbocycles. The molecule has 1 aliphatic carbocycles. The minimum absolute atomic E-state index is 0.215. The van der Waals surface area contributed by atoms with E-state index in [0.29, 0.717) is 0 Å². The number of nitrogens with zero attached hydrogens (tertiary/aromatic N) is 1. The van der Waals surface area contributed by atoms with Gasteiger partial charge in [-0.3, -0.25) is 0 Å². The number of benzene rings is 2. The standard InChI is InChI=1S/C24H29FN2.C12H14/c1-5-10-19(20-12-6-7-14-22(20)26-4)21-13-8-11-17(2)24(21)23-15-9-16-27(23)18(3)25;1-4-10(2)11(3)12-8-6-5-7-9-12/h5-12,14-16,18-19,21,26H,13H2,1-4H3;4-9H,3H2,1-2H3/b;10-4-. The molecule has 0 bridgehead atoms. The number of alkyl halides is 1. The Bertz CT molecular complexity index is 1350. The molecule has 39 heavy (non-hydrogen) atoms.